The summed E-state index contributed by atoms with van der Waals surface area (Å²) in [5.74, 6) is 1.12. The zero-order valence-corrected chi connectivity index (χ0v) is 8.71. The van der Waals surface area contributed by atoms with Gasteiger partial charge in [0.05, 0.1) is 0 Å². The molecule has 0 radical (unpaired) electrons. The highest BCUT2D eigenvalue weighted by Gasteiger charge is 1.87. The fourth-order valence-corrected chi connectivity index (χ4v) is 2.85. The Morgan fingerprint density at radius 2 is 2.00 bits per heavy atom. The van der Waals surface area contributed by atoms with E-state index in [0.29, 0.717) is 9.52 Å². The second-order valence-electron chi connectivity index (χ2n) is 2.49. The van der Waals surface area contributed by atoms with Gasteiger partial charge in [-0.1, -0.05) is 38.3 Å². The molecule has 0 bridgehead atoms. The third kappa shape index (κ3) is 8.57. The highest BCUT2D eigenvalue weighted by Crippen LogP contribution is 2.00. The highest BCUT2D eigenvalue weighted by molar-refractivity contribution is 7.80. The molecule has 0 aliphatic rings. The third-order valence-electron chi connectivity index (χ3n) is 1.51. The molecule has 0 unspecified atom stereocenters. The minimum absolute atomic E-state index is 0.315. The van der Waals surface area contributed by atoms with E-state index in [1.54, 1.807) is 6.04 Å². The summed E-state index contributed by atoms with van der Waals surface area (Å²) in [6, 6.07) is 2.99. The van der Waals surface area contributed by atoms with Crippen molar-refractivity contribution in [3.63, 3.8) is 0 Å². The number of hydrogen-bond donors (Lipinski definition) is 1. The molecule has 0 aliphatic carbocycles. The van der Waals surface area contributed by atoms with E-state index in [9.17, 15) is 0 Å². The number of thiol groups is 1. The van der Waals surface area contributed by atoms with E-state index < -0.39 is 0 Å². The molecule has 0 nitrogen and oxygen atoms in total. The standard InChI is InChI=1S/C7H18SSi/c1-2-3-4-6-9-7-5-8/h8H,2-7,9H2,1H3. The van der Waals surface area contributed by atoms with E-state index >= 15 is 0 Å². The molecule has 0 heterocycles. The SMILES string of the molecule is CCCCC[SiH2]CCS. The summed E-state index contributed by atoms with van der Waals surface area (Å²) in [6.45, 7) is 2.26. The van der Waals surface area contributed by atoms with Crippen LogP contribution in [0.1, 0.15) is 26.2 Å². The Bertz CT molecular complexity index is 42.2. The predicted octanol–water partition coefficient (Wildman–Crippen LogP) is 2.11. The summed E-state index contributed by atoms with van der Waals surface area (Å²) in [7, 11) is 0.315. The minimum Gasteiger partial charge on any atom is -0.180 e. The van der Waals surface area contributed by atoms with Crippen LogP contribution in [-0.2, 0) is 0 Å². The molecule has 0 fully saturated rings. The van der Waals surface area contributed by atoms with Gasteiger partial charge in [0.15, 0.2) is 0 Å². The Morgan fingerprint density at radius 1 is 1.22 bits per heavy atom. The molecule has 0 aliphatic heterocycles. The zero-order valence-electron chi connectivity index (χ0n) is 6.40. The molecule has 9 heavy (non-hydrogen) atoms. The minimum atomic E-state index is 0.315. The summed E-state index contributed by atoms with van der Waals surface area (Å²) in [6.07, 6.45) is 4.30. The molecule has 0 saturated carbocycles. The van der Waals surface area contributed by atoms with Gasteiger partial charge in [-0.2, -0.15) is 12.6 Å². The van der Waals surface area contributed by atoms with Crippen molar-refractivity contribution in [2.45, 2.75) is 38.3 Å². The maximum atomic E-state index is 4.18. The lowest BCUT2D eigenvalue weighted by Gasteiger charge is -1.94. The second-order valence-corrected chi connectivity index (χ2v) is 5.06. The maximum Gasteiger partial charge on any atom is 0.0206 e. The first kappa shape index (κ1) is 9.57. The molecule has 0 spiro atoms. The van der Waals surface area contributed by atoms with Crippen molar-refractivity contribution in [2.75, 3.05) is 5.75 Å². The molecular formula is C7H18SSi. The van der Waals surface area contributed by atoms with Crippen LogP contribution in [0.3, 0.4) is 0 Å². The fourth-order valence-electron chi connectivity index (χ4n) is 0.892. The molecule has 0 aromatic carbocycles. The van der Waals surface area contributed by atoms with Gasteiger partial charge in [-0.15, -0.1) is 0 Å². The van der Waals surface area contributed by atoms with Gasteiger partial charge in [-0.05, 0) is 5.75 Å². The Kier molecular flexibility index (Phi) is 9.11. The zero-order chi connectivity index (χ0) is 6.95. The Labute approximate surface area is 66.7 Å². The van der Waals surface area contributed by atoms with Crippen LogP contribution in [0.15, 0.2) is 0 Å². The average Bonchev–Trinajstić information content (AvgIpc) is 1.89. The van der Waals surface area contributed by atoms with Gasteiger partial charge in [-0.25, -0.2) is 0 Å². The summed E-state index contributed by atoms with van der Waals surface area (Å²) >= 11 is 4.18. The van der Waals surface area contributed by atoms with Crippen LogP contribution in [0.5, 0.6) is 0 Å². The van der Waals surface area contributed by atoms with Crippen molar-refractivity contribution >= 4 is 22.1 Å². The van der Waals surface area contributed by atoms with E-state index in [2.05, 4.69) is 19.6 Å². The van der Waals surface area contributed by atoms with Crippen LogP contribution in [0.25, 0.3) is 0 Å². The first-order valence-electron chi connectivity index (χ1n) is 4.02. The van der Waals surface area contributed by atoms with Gasteiger partial charge in [-0.3, -0.25) is 0 Å². The number of hydrogen-bond acceptors (Lipinski definition) is 1. The smallest absolute Gasteiger partial charge is 0.0206 e. The van der Waals surface area contributed by atoms with Crippen LogP contribution < -0.4 is 0 Å². The highest BCUT2D eigenvalue weighted by atomic mass is 32.1. The first-order valence-corrected chi connectivity index (χ1v) is 6.66. The molecule has 0 aromatic rings. The Balaban J connectivity index is 2.60. The largest absolute Gasteiger partial charge is 0.180 e. The molecule has 0 rings (SSSR count). The summed E-state index contributed by atoms with van der Waals surface area (Å²) in [5, 5.41) is 0. The maximum absolute atomic E-state index is 4.18. The van der Waals surface area contributed by atoms with Crippen LogP contribution in [0, 0.1) is 0 Å². The van der Waals surface area contributed by atoms with Crippen molar-refractivity contribution in [1.82, 2.24) is 0 Å². The number of rotatable bonds is 6. The lowest BCUT2D eigenvalue weighted by Crippen LogP contribution is -1.88. The van der Waals surface area contributed by atoms with Gasteiger partial charge in [0.1, 0.15) is 0 Å². The van der Waals surface area contributed by atoms with Crippen LogP contribution in [0.4, 0.5) is 0 Å². The molecular weight excluding hydrogens is 144 g/mol. The summed E-state index contributed by atoms with van der Waals surface area (Å²) in [5.41, 5.74) is 0. The van der Waals surface area contributed by atoms with Crippen molar-refractivity contribution in [3.8, 4) is 0 Å². The molecule has 56 valence electrons. The van der Waals surface area contributed by atoms with E-state index in [1.807, 2.05) is 0 Å². The Morgan fingerprint density at radius 3 is 2.56 bits per heavy atom. The topological polar surface area (TPSA) is 0 Å². The van der Waals surface area contributed by atoms with Crippen molar-refractivity contribution in [2.24, 2.45) is 0 Å². The first-order chi connectivity index (χ1) is 4.41. The van der Waals surface area contributed by atoms with E-state index in [0.717, 1.165) is 5.75 Å². The van der Waals surface area contributed by atoms with Gasteiger partial charge < -0.3 is 0 Å². The average molecular weight is 162 g/mol. The molecule has 2 heteroatoms. The van der Waals surface area contributed by atoms with Gasteiger partial charge in [0, 0.05) is 9.52 Å². The van der Waals surface area contributed by atoms with Crippen LogP contribution >= 0.6 is 12.6 Å². The van der Waals surface area contributed by atoms with Crippen LogP contribution in [-0.4, -0.2) is 15.3 Å². The number of unbranched alkanes of at least 4 members (excludes halogenated alkanes) is 2. The lowest BCUT2D eigenvalue weighted by atomic mass is 10.3. The van der Waals surface area contributed by atoms with Crippen molar-refractivity contribution in [1.29, 1.82) is 0 Å². The van der Waals surface area contributed by atoms with Crippen LogP contribution in [0.2, 0.25) is 12.1 Å². The predicted molar refractivity (Wildman–Crippen MR) is 51.5 cm³/mol. The second kappa shape index (κ2) is 8.57. The normalized spacial score (nSPS) is 11.3. The van der Waals surface area contributed by atoms with Gasteiger partial charge in [0.25, 0.3) is 0 Å². The molecule has 0 atom stereocenters. The van der Waals surface area contributed by atoms with Gasteiger partial charge in [0.2, 0.25) is 0 Å². The summed E-state index contributed by atoms with van der Waals surface area (Å²) < 4.78 is 0. The lowest BCUT2D eigenvalue weighted by molar-refractivity contribution is 0.768. The van der Waals surface area contributed by atoms with Crippen molar-refractivity contribution < 1.29 is 0 Å². The molecule has 0 saturated heterocycles. The third-order valence-corrected chi connectivity index (χ3v) is 4.28. The molecule has 0 aromatic heterocycles. The Hall–Kier alpha value is 0.567. The van der Waals surface area contributed by atoms with Crippen molar-refractivity contribution in [3.05, 3.63) is 0 Å². The fraction of sp³-hybridized carbons (Fsp3) is 1.00. The molecule has 0 N–H and O–H groups in total. The summed E-state index contributed by atoms with van der Waals surface area (Å²) in [4.78, 5) is 0. The molecule has 0 amide bonds. The van der Waals surface area contributed by atoms with E-state index in [4.69, 9.17) is 0 Å². The van der Waals surface area contributed by atoms with E-state index in [1.165, 1.54) is 25.3 Å². The van der Waals surface area contributed by atoms with E-state index in [-0.39, 0.29) is 0 Å². The van der Waals surface area contributed by atoms with Gasteiger partial charge >= 0.3 is 0 Å². The monoisotopic (exact) mass is 162 g/mol. The quantitative estimate of drug-likeness (QED) is 0.345.